The van der Waals surface area contributed by atoms with Crippen molar-refractivity contribution >= 4 is 6.29 Å². The van der Waals surface area contributed by atoms with Crippen molar-refractivity contribution in [3.63, 3.8) is 0 Å². The molecule has 0 aliphatic heterocycles. The van der Waals surface area contributed by atoms with Crippen LogP contribution in [0.2, 0.25) is 0 Å². The molecule has 0 saturated heterocycles. The van der Waals surface area contributed by atoms with Crippen molar-refractivity contribution in [2.75, 3.05) is 0 Å². The quantitative estimate of drug-likeness (QED) is 0.178. The molecule has 0 saturated carbocycles. The van der Waals surface area contributed by atoms with Gasteiger partial charge in [-0.05, 0) is 32.1 Å². The number of carbonyl (C=O) groups is 1. The zero-order valence-electron chi connectivity index (χ0n) is 15.1. The summed E-state index contributed by atoms with van der Waals surface area (Å²) in [7, 11) is 0. The number of nitroso groups, excluding NO2 is 2. The van der Waals surface area contributed by atoms with Gasteiger partial charge in [-0.3, -0.25) is 0 Å². The van der Waals surface area contributed by atoms with Gasteiger partial charge in [0.15, 0.2) is 0 Å². The fourth-order valence-electron chi connectivity index (χ4n) is 2.59. The van der Waals surface area contributed by atoms with Crippen LogP contribution in [-0.2, 0) is 4.79 Å². The van der Waals surface area contributed by atoms with Crippen LogP contribution in [0.1, 0.15) is 71.1 Å². The van der Waals surface area contributed by atoms with Crippen molar-refractivity contribution in [1.29, 1.82) is 0 Å². The Kier molecular flexibility index (Phi) is 15.1. The molecule has 0 rings (SSSR count). The van der Waals surface area contributed by atoms with E-state index in [0.29, 0.717) is 32.1 Å². The van der Waals surface area contributed by atoms with Gasteiger partial charge < -0.3 is 15.0 Å². The second kappa shape index (κ2) is 16.0. The van der Waals surface area contributed by atoms with Gasteiger partial charge >= 0.3 is 0 Å². The molecule has 0 aromatic rings. The molecular formula is C18H32N2O5. The molecule has 0 fully saturated rings. The van der Waals surface area contributed by atoms with E-state index in [2.05, 4.69) is 17.3 Å². The maximum absolute atomic E-state index is 10.9. The SMILES string of the molecule is CCCCCC(N=O)C(O)C/C=C\CC(N=O)C(O)CCCCC=O. The first-order chi connectivity index (χ1) is 12.1. The van der Waals surface area contributed by atoms with Gasteiger partial charge in [0, 0.05) is 6.42 Å². The smallest absolute Gasteiger partial charge is 0.121 e. The lowest BCUT2D eigenvalue weighted by Crippen LogP contribution is -2.24. The maximum Gasteiger partial charge on any atom is 0.121 e. The average molecular weight is 356 g/mol. The standard InChI is InChI=1S/C18H32N2O5/c1-2-3-5-10-15(19-24)18(23)13-8-7-11-16(20-25)17(22)12-6-4-9-14-21/h7-8,14-18,22-23H,2-6,9-13H2,1H3/b8-7-. The Morgan fingerprint density at radius 1 is 0.840 bits per heavy atom. The average Bonchev–Trinajstić information content (AvgIpc) is 2.62. The number of aldehydes is 1. The summed E-state index contributed by atoms with van der Waals surface area (Å²) >= 11 is 0. The fourth-order valence-corrected chi connectivity index (χ4v) is 2.59. The molecule has 2 N–H and O–H groups in total. The summed E-state index contributed by atoms with van der Waals surface area (Å²) in [6.07, 6.45) is 8.82. The Morgan fingerprint density at radius 2 is 1.48 bits per heavy atom. The Bertz CT molecular complexity index is 390. The minimum Gasteiger partial charge on any atom is -0.391 e. The zero-order chi connectivity index (χ0) is 18.9. The van der Waals surface area contributed by atoms with Gasteiger partial charge in [0.2, 0.25) is 0 Å². The van der Waals surface area contributed by atoms with Gasteiger partial charge in [-0.15, -0.1) is 0 Å². The molecule has 0 bridgehead atoms. The molecule has 4 unspecified atom stereocenters. The van der Waals surface area contributed by atoms with Gasteiger partial charge in [0.1, 0.15) is 18.4 Å². The number of carbonyl (C=O) groups excluding carboxylic acids is 1. The van der Waals surface area contributed by atoms with Crippen LogP contribution in [0.25, 0.3) is 0 Å². The molecule has 0 aliphatic rings. The molecule has 0 aliphatic carbocycles. The molecule has 0 radical (unpaired) electrons. The van der Waals surface area contributed by atoms with E-state index in [1.807, 2.05) is 0 Å². The summed E-state index contributed by atoms with van der Waals surface area (Å²) in [6.45, 7) is 2.07. The van der Waals surface area contributed by atoms with E-state index in [1.165, 1.54) is 0 Å². The monoisotopic (exact) mass is 356 g/mol. The predicted molar refractivity (Wildman–Crippen MR) is 98.2 cm³/mol. The van der Waals surface area contributed by atoms with Crippen LogP contribution in [0.15, 0.2) is 22.5 Å². The summed E-state index contributed by atoms with van der Waals surface area (Å²) in [5.74, 6) is 0. The highest BCUT2D eigenvalue weighted by atomic mass is 16.3. The van der Waals surface area contributed by atoms with Crippen molar-refractivity contribution in [1.82, 2.24) is 0 Å². The van der Waals surface area contributed by atoms with E-state index >= 15 is 0 Å². The summed E-state index contributed by atoms with van der Waals surface area (Å²) in [4.78, 5) is 31.9. The van der Waals surface area contributed by atoms with Gasteiger partial charge in [-0.25, -0.2) is 0 Å². The van der Waals surface area contributed by atoms with Crippen molar-refractivity contribution in [3.05, 3.63) is 22.0 Å². The number of nitrogens with zero attached hydrogens (tertiary/aromatic N) is 2. The number of aliphatic hydroxyl groups excluding tert-OH is 2. The molecule has 144 valence electrons. The van der Waals surface area contributed by atoms with Gasteiger partial charge in [-0.1, -0.05) is 55.1 Å². The first-order valence-corrected chi connectivity index (χ1v) is 9.20. The fraction of sp³-hybridized carbons (Fsp3) is 0.833. The third-order valence-corrected chi connectivity index (χ3v) is 4.26. The van der Waals surface area contributed by atoms with Crippen LogP contribution in [0.5, 0.6) is 0 Å². The van der Waals surface area contributed by atoms with Crippen molar-refractivity contribution in [2.45, 2.75) is 95.4 Å². The molecule has 25 heavy (non-hydrogen) atoms. The van der Waals surface area contributed by atoms with Crippen LogP contribution in [0.4, 0.5) is 0 Å². The van der Waals surface area contributed by atoms with E-state index in [0.717, 1.165) is 25.5 Å². The van der Waals surface area contributed by atoms with Crippen molar-refractivity contribution < 1.29 is 15.0 Å². The number of aliphatic hydroxyl groups is 2. The number of rotatable bonds is 17. The van der Waals surface area contributed by atoms with E-state index in [4.69, 9.17) is 0 Å². The van der Waals surface area contributed by atoms with Crippen molar-refractivity contribution in [3.8, 4) is 0 Å². The van der Waals surface area contributed by atoms with Gasteiger partial charge in [0.05, 0.1) is 12.2 Å². The minimum absolute atomic E-state index is 0.278. The number of hydrogen-bond acceptors (Lipinski definition) is 7. The third kappa shape index (κ3) is 11.7. The largest absolute Gasteiger partial charge is 0.391 e. The molecule has 0 amide bonds. The molecule has 7 nitrogen and oxygen atoms in total. The molecule has 0 spiro atoms. The number of hydrogen-bond donors (Lipinski definition) is 2. The van der Waals surface area contributed by atoms with Gasteiger partial charge in [0.25, 0.3) is 0 Å². The van der Waals surface area contributed by atoms with E-state index < -0.39 is 24.3 Å². The van der Waals surface area contributed by atoms with Gasteiger partial charge in [-0.2, -0.15) is 9.81 Å². The topological polar surface area (TPSA) is 116 Å². The second-order valence-corrected chi connectivity index (χ2v) is 6.37. The molecule has 0 aromatic carbocycles. The predicted octanol–water partition coefficient (Wildman–Crippen LogP) is 3.65. The van der Waals surface area contributed by atoms with Crippen LogP contribution in [-0.4, -0.2) is 40.8 Å². The highest BCUT2D eigenvalue weighted by Crippen LogP contribution is 2.15. The second-order valence-electron chi connectivity index (χ2n) is 6.37. The summed E-state index contributed by atoms with van der Waals surface area (Å²) in [5, 5.41) is 25.9. The van der Waals surface area contributed by atoms with E-state index in [-0.39, 0.29) is 12.8 Å². The van der Waals surface area contributed by atoms with Crippen LogP contribution in [0, 0.1) is 9.81 Å². The Morgan fingerprint density at radius 3 is 2.08 bits per heavy atom. The van der Waals surface area contributed by atoms with E-state index in [9.17, 15) is 24.8 Å². The molecular weight excluding hydrogens is 324 g/mol. The van der Waals surface area contributed by atoms with Crippen LogP contribution < -0.4 is 0 Å². The first-order valence-electron chi connectivity index (χ1n) is 9.20. The minimum atomic E-state index is -0.836. The third-order valence-electron chi connectivity index (χ3n) is 4.26. The zero-order valence-corrected chi connectivity index (χ0v) is 15.1. The Labute approximate surface area is 149 Å². The molecule has 4 atom stereocenters. The summed E-state index contributed by atoms with van der Waals surface area (Å²) < 4.78 is 0. The lowest BCUT2D eigenvalue weighted by Gasteiger charge is -2.15. The normalized spacial score (nSPS) is 16.3. The summed E-state index contributed by atoms with van der Waals surface area (Å²) in [5.41, 5.74) is 0. The highest BCUT2D eigenvalue weighted by molar-refractivity contribution is 5.48. The summed E-state index contributed by atoms with van der Waals surface area (Å²) in [6, 6.07) is -1.35. The van der Waals surface area contributed by atoms with E-state index in [1.54, 1.807) is 12.2 Å². The molecule has 0 aromatic heterocycles. The lowest BCUT2D eigenvalue weighted by molar-refractivity contribution is -0.108. The lowest BCUT2D eigenvalue weighted by atomic mass is 10.00. The Hall–Kier alpha value is -1.47. The molecule has 0 heterocycles. The number of unbranched alkanes of at least 4 members (excludes halogenated alkanes) is 4. The first kappa shape index (κ1) is 23.5. The van der Waals surface area contributed by atoms with Crippen molar-refractivity contribution in [2.24, 2.45) is 10.4 Å². The molecule has 7 heteroatoms. The maximum atomic E-state index is 10.9. The highest BCUT2D eigenvalue weighted by Gasteiger charge is 2.20. The Balaban J connectivity index is 4.17. The van der Waals surface area contributed by atoms with Crippen LogP contribution >= 0.6 is 0 Å². The van der Waals surface area contributed by atoms with Crippen LogP contribution in [0.3, 0.4) is 0 Å².